The SMILES string of the molecule is CC1=CC(=O)C(CCC(=O)c2cc(OC3CCN(C)CC3)cc(N(C)C3CCCC3)c2C)C(C)=C1. The molecular weight excluding hydrogens is 436 g/mol. The molecule has 0 radical (unpaired) electrons. The van der Waals surface area contributed by atoms with Gasteiger partial charge in [0.15, 0.2) is 11.6 Å². The molecule has 3 aliphatic rings. The Hall–Kier alpha value is -2.40. The molecule has 1 aliphatic heterocycles. The van der Waals surface area contributed by atoms with Gasteiger partial charge in [-0.05, 0) is 83.2 Å². The van der Waals surface area contributed by atoms with Gasteiger partial charge in [-0.15, -0.1) is 0 Å². The minimum absolute atomic E-state index is 0.101. The number of anilines is 1. The van der Waals surface area contributed by atoms with Gasteiger partial charge in [-0.3, -0.25) is 9.59 Å². The maximum Gasteiger partial charge on any atom is 0.163 e. The van der Waals surface area contributed by atoms with Crippen molar-refractivity contribution < 1.29 is 14.3 Å². The van der Waals surface area contributed by atoms with Gasteiger partial charge in [0.2, 0.25) is 0 Å². The Labute approximate surface area is 211 Å². The molecule has 0 bridgehead atoms. The first-order valence-electron chi connectivity index (χ1n) is 13.4. The third-order valence-electron chi connectivity index (χ3n) is 8.25. The molecule has 0 spiro atoms. The first-order chi connectivity index (χ1) is 16.7. The minimum Gasteiger partial charge on any atom is -0.490 e. The Morgan fingerprint density at radius 1 is 1.06 bits per heavy atom. The van der Waals surface area contributed by atoms with Crippen molar-refractivity contribution in [1.82, 2.24) is 4.90 Å². The molecule has 0 N–H and O–H groups in total. The van der Waals surface area contributed by atoms with Gasteiger partial charge >= 0.3 is 0 Å². The van der Waals surface area contributed by atoms with Gasteiger partial charge in [-0.25, -0.2) is 0 Å². The number of carbonyl (C=O) groups is 2. The predicted octanol–water partition coefficient (Wildman–Crippen LogP) is 5.90. The molecule has 190 valence electrons. The fourth-order valence-electron chi connectivity index (χ4n) is 6.01. The Morgan fingerprint density at radius 3 is 2.40 bits per heavy atom. The van der Waals surface area contributed by atoms with E-state index in [0.29, 0.717) is 18.9 Å². The zero-order valence-corrected chi connectivity index (χ0v) is 22.2. The summed E-state index contributed by atoms with van der Waals surface area (Å²) in [6, 6.07) is 4.61. The van der Waals surface area contributed by atoms with Crippen LogP contribution in [0.5, 0.6) is 5.75 Å². The minimum atomic E-state index is -0.192. The van der Waals surface area contributed by atoms with E-state index in [4.69, 9.17) is 4.74 Å². The van der Waals surface area contributed by atoms with Crippen LogP contribution in [-0.2, 0) is 4.79 Å². The Kier molecular flexibility index (Phi) is 8.16. The molecule has 1 unspecified atom stereocenters. The van der Waals surface area contributed by atoms with Crippen LogP contribution in [0, 0.1) is 12.8 Å². The first kappa shape index (κ1) is 25.7. The van der Waals surface area contributed by atoms with Crippen molar-refractivity contribution in [3.8, 4) is 5.75 Å². The number of allylic oxidation sites excluding steroid dienone is 4. The number of piperidine rings is 1. The lowest BCUT2D eigenvalue weighted by Crippen LogP contribution is -2.35. The number of Topliss-reactive ketones (excluding diaryl/α,β-unsaturated/α-hetero) is 1. The van der Waals surface area contributed by atoms with Gasteiger partial charge in [0.1, 0.15) is 11.9 Å². The van der Waals surface area contributed by atoms with Gasteiger partial charge in [0, 0.05) is 55.8 Å². The highest BCUT2D eigenvalue weighted by atomic mass is 16.5. The number of hydrogen-bond acceptors (Lipinski definition) is 5. The summed E-state index contributed by atoms with van der Waals surface area (Å²) >= 11 is 0. The number of nitrogens with zero attached hydrogens (tertiary/aromatic N) is 2. The highest BCUT2D eigenvalue weighted by Crippen LogP contribution is 2.36. The van der Waals surface area contributed by atoms with E-state index in [1.165, 1.54) is 25.7 Å². The third-order valence-corrected chi connectivity index (χ3v) is 8.25. The normalized spacial score (nSPS) is 22.2. The number of ketones is 2. The molecule has 1 saturated heterocycles. The number of carbonyl (C=O) groups excluding carboxylic acids is 2. The number of ether oxygens (including phenoxy) is 1. The summed E-state index contributed by atoms with van der Waals surface area (Å²) in [5.41, 5.74) is 4.92. The second kappa shape index (κ2) is 11.1. The van der Waals surface area contributed by atoms with E-state index in [1.807, 2.05) is 19.9 Å². The second-order valence-electron chi connectivity index (χ2n) is 11.0. The average molecular weight is 479 g/mol. The molecule has 2 fully saturated rings. The summed E-state index contributed by atoms with van der Waals surface area (Å²) in [6.07, 6.45) is 11.8. The van der Waals surface area contributed by atoms with Crippen molar-refractivity contribution in [2.24, 2.45) is 5.92 Å². The molecule has 5 nitrogen and oxygen atoms in total. The van der Waals surface area contributed by atoms with Crippen LogP contribution < -0.4 is 9.64 Å². The van der Waals surface area contributed by atoms with E-state index < -0.39 is 0 Å². The fourth-order valence-corrected chi connectivity index (χ4v) is 6.01. The number of hydrogen-bond donors (Lipinski definition) is 0. The molecule has 1 aromatic carbocycles. The van der Waals surface area contributed by atoms with E-state index in [9.17, 15) is 9.59 Å². The summed E-state index contributed by atoms with van der Waals surface area (Å²) in [4.78, 5) is 30.8. The summed E-state index contributed by atoms with van der Waals surface area (Å²) in [5.74, 6) is 0.830. The van der Waals surface area contributed by atoms with Crippen molar-refractivity contribution in [1.29, 1.82) is 0 Å². The highest BCUT2D eigenvalue weighted by Gasteiger charge is 2.27. The number of likely N-dealkylation sites (tertiary alicyclic amines) is 1. The second-order valence-corrected chi connectivity index (χ2v) is 11.0. The average Bonchev–Trinajstić information content (AvgIpc) is 3.35. The summed E-state index contributed by atoms with van der Waals surface area (Å²) in [5, 5.41) is 0. The van der Waals surface area contributed by atoms with Crippen molar-refractivity contribution in [2.75, 3.05) is 32.1 Å². The van der Waals surface area contributed by atoms with Gasteiger partial charge in [0.05, 0.1) is 0 Å². The quantitative estimate of drug-likeness (QED) is 0.435. The molecular formula is C30H42N2O3. The van der Waals surface area contributed by atoms with Crippen LogP contribution in [0.1, 0.15) is 81.1 Å². The van der Waals surface area contributed by atoms with Gasteiger partial charge in [-0.2, -0.15) is 0 Å². The molecule has 4 rings (SSSR count). The third kappa shape index (κ3) is 6.06. The molecule has 5 heteroatoms. The molecule has 2 aliphatic carbocycles. The smallest absolute Gasteiger partial charge is 0.163 e. The van der Waals surface area contributed by atoms with E-state index >= 15 is 0 Å². The summed E-state index contributed by atoms with van der Waals surface area (Å²) in [7, 11) is 4.31. The van der Waals surface area contributed by atoms with Gasteiger partial charge in [-0.1, -0.05) is 24.5 Å². The standard InChI is InChI=1S/C30H42N2O3/c1-20-16-21(2)26(30(34)17-20)10-11-29(33)27-18-25(35-24-12-14-31(4)15-13-24)19-28(22(27)3)32(5)23-8-6-7-9-23/h16-19,23-24,26H,6-15H2,1-5H3. The number of rotatable bonds is 8. The molecule has 1 atom stereocenters. The topological polar surface area (TPSA) is 49.9 Å². The number of benzene rings is 1. The Bertz CT molecular complexity index is 1010. The Balaban J connectivity index is 1.56. The van der Waals surface area contributed by atoms with E-state index in [0.717, 1.165) is 59.6 Å². The van der Waals surface area contributed by atoms with Crippen LogP contribution in [0.2, 0.25) is 0 Å². The van der Waals surface area contributed by atoms with Gasteiger partial charge in [0.25, 0.3) is 0 Å². The summed E-state index contributed by atoms with van der Waals surface area (Å²) < 4.78 is 6.47. The van der Waals surface area contributed by atoms with Crippen LogP contribution in [0.3, 0.4) is 0 Å². The maximum absolute atomic E-state index is 13.5. The van der Waals surface area contributed by atoms with Crippen molar-refractivity contribution in [3.63, 3.8) is 0 Å². The molecule has 0 amide bonds. The first-order valence-corrected chi connectivity index (χ1v) is 13.4. The molecule has 1 aromatic rings. The van der Waals surface area contributed by atoms with Crippen LogP contribution in [-0.4, -0.2) is 55.8 Å². The zero-order chi connectivity index (χ0) is 25.1. The lowest BCUT2D eigenvalue weighted by atomic mass is 9.84. The van der Waals surface area contributed by atoms with Crippen LogP contribution in [0.4, 0.5) is 5.69 Å². The van der Waals surface area contributed by atoms with E-state index in [1.54, 1.807) is 6.08 Å². The lowest BCUT2D eigenvalue weighted by molar-refractivity contribution is -0.117. The zero-order valence-electron chi connectivity index (χ0n) is 22.2. The van der Waals surface area contributed by atoms with Gasteiger partial charge < -0.3 is 14.5 Å². The van der Waals surface area contributed by atoms with Crippen LogP contribution in [0.15, 0.2) is 35.4 Å². The largest absolute Gasteiger partial charge is 0.490 e. The van der Waals surface area contributed by atoms with Crippen molar-refractivity contribution >= 4 is 17.3 Å². The highest BCUT2D eigenvalue weighted by molar-refractivity contribution is 6.00. The monoisotopic (exact) mass is 478 g/mol. The van der Waals surface area contributed by atoms with Crippen molar-refractivity contribution in [3.05, 3.63) is 46.6 Å². The summed E-state index contributed by atoms with van der Waals surface area (Å²) in [6.45, 7) is 8.08. The lowest BCUT2D eigenvalue weighted by Gasteiger charge is -2.32. The maximum atomic E-state index is 13.5. The fraction of sp³-hybridized carbons (Fsp3) is 0.600. The van der Waals surface area contributed by atoms with E-state index in [2.05, 4.69) is 43.0 Å². The molecule has 35 heavy (non-hydrogen) atoms. The van der Waals surface area contributed by atoms with Crippen LogP contribution in [0.25, 0.3) is 0 Å². The van der Waals surface area contributed by atoms with Crippen LogP contribution >= 0.6 is 0 Å². The molecule has 1 heterocycles. The molecule has 1 saturated carbocycles. The van der Waals surface area contributed by atoms with E-state index in [-0.39, 0.29) is 23.6 Å². The predicted molar refractivity (Wildman–Crippen MR) is 143 cm³/mol. The van der Waals surface area contributed by atoms with Crippen molar-refractivity contribution in [2.45, 2.75) is 84.3 Å². The molecule has 0 aromatic heterocycles. The Morgan fingerprint density at radius 2 is 1.74 bits per heavy atom.